The normalized spacial score (nSPS) is 26.2. The average Bonchev–Trinajstić information content (AvgIpc) is 3.56. The van der Waals surface area contributed by atoms with Crippen molar-refractivity contribution < 1.29 is 4.79 Å². The first-order valence-corrected chi connectivity index (χ1v) is 10.2. The molecule has 2 heterocycles. The molecular weight excluding hydrogens is 382 g/mol. The van der Waals surface area contributed by atoms with Gasteiger partial charge in [0.1, 0.15) is 0 Å². The molecule has 2 aromatic carbocycles. The van der Waals surface area contributed by atoms with E-state index >= 15 is 0 Å². The Hall–Kier alpha value is -3.08. The highest BCUT2D eigenvalue weighted by Gasteiger charge is 2.64. The zero-order valence-electron chi connectivity index (χ0n) is 15.6. The van der Waals surface area contributed by atoms with Crippen molar-refractivity contribution in [1.29, 1.82) is 10.5 Å². The number of halogens is 1. The first kappa shape index (κ1) is 18.0. The van der Waals surface area contributed by atoms with Crippen molar-refractivity contribution in [3.8, 4) is 12.1 Å². The molecular formula is C24H18ClN3O. The van der Waals surface area contributed by atoms with Gasteiger partial charge in [-0.25, -0.2) is 0 Å². The Morgan fingerprint density at radius 3 is 2.41 bits per heavy atom. The lowest BCUT2D eigenvalue weighted by Gasteiger charge is -2.35. The molecule has 1 aliphatic carbocycles. The van der Waals surface area contributed by atoms with Crippen LogP contribution in [-0.4, -0.2) is 17.9 Å². The van der Waals surface area contributed by atoms with Crippen LogP contribution in [0.1, 0.15) is 29.9 Å². The van der Waals surface area contributed by atoms with Crippen LogP contribution in [0.15, 0.2) is 54.6 Å². The summed E-state index contributed by atoms with van der Waals surface area (Å²) in [5.41, 5.74) is 1.34. The molecule has 2 aromatic rings. The van der Waals surface area contributed by atoms with Gasteiger partial charge in [0.05, 0.1) is 24.2 Å². The van der Waals surface area contributed by atoms with Crippen molar-refractivity contribution in [1.82, 2.24) is 0 Å². The van der Waals surface area contributed by atoms with Gasteiger partial charge in [0.25, 0.3) is 0 Å². The molecule has 5 heteroatoms. The molecule has 0 amide bonds. The fourth-order valence-electron chi connectivity index (χ4n) is 4.91. The fraction of sp³-hybridized carbons (Fsp3) is 0.292. The summed E-state index contributed by atoms with van der Waals surface area (Å²) in [5.74, 6) is -0.405. The lowest BCUT2D eigenvalue weighted by Crippen LogP contribution is -2.44. The van der Waals surface area contributed by atoms with Crippen molar-refractivity contribution in [2.45, 2.75) is 30.8 Å². The minimum absolute atomic E-state index is 0.0155. The molecule has 0 radical (unpaired) electrons. The number of nitrogens with zero attached hydrogens (tertiary/aromatic N) is 3. The monoisotopic (exact) mass is 399 g/mol. The zero-order valence-corrected chi connectivity index (χ0v) is 16.4. The zero-order chi connectivity index (χ0) is 20.2. The van der Waals surface area contributed by atoms with Crippen molar-refractivity contribution >= 4 is 29.1 Å². The molecule has 5 rings (SSSR count). The van der Waals surface area contributed by atoms with Gasteiger partial charge >= 0.3 is 0 Å². The number of hydrogen-bond donors (Lipinski definition) is 0. The molecule has 2 aliphatic heterocycles. The summed E-state index contributed by atoms with van der Waals surface area (Å²) < 4.78 is 0. The summed E-state index contributed by atoms with van der Waals surface area (Å²) in [7, 11) is 0. The highest BCUT2D eigenvalue weighted by atomic mass is 35.5. The molecule has 2 fully saturated rings. The Labute approximate surface area is 174 Å². The number of anilines is 1. The van der Waals surface area contributed by atoms with Crippen LogP contribution in [0.3, 0.4) is 0 Å². The smallest absolute Gasteiger partial charge is 0.176 e. The van der Waals surface area contributed by atoms with E-state index in [4.69, 9.17) is 11.6 Å². The lowest BCUT2D eigenvalue weighted by molar-refractivity contribution is -0.121. The Morgan fingerprint density at radius 2 is 1.76 bits per heavy atom. The quantitative estimate of drug-likeness (QED) is 0.748. The summed E-state index contributed by atoms with van der Waals surface area (Å²) in [6.45, 7) is 0. The number of fused-ring (bicyclic) bond motifs is 3. The van der Waals surface area contributed by atoms with E-state index in [1.54, 1.807) is 12.1 Å². The van der Waals surface area contributed by atoms with Crippen LogP contribution in [0.5, 0.6) is 0 Å². The topological polar surface area (TPSA) is 67.9 Å². The van der Waals surface area contributed by atoms with Crippen LogP contribution in [0.2, 0.25) is 5.02 Å². The second-order valence-electron chi connectivity index (χ2n) is 8.01. The Morgan fingerprint density at radius 1 is 1.07 bits per heavy atom. The number of carbonyl (C=O) groups is 1. The van der Waals surface area contributed by atoms with E-state index in [0.717, 1.165) is 29.7 Å². The highest BCUT2D eigenvalue weighted by Crippen LogP contribution is 2.56. The van der Waals surface area contributed by atoms with Crippen LogP contribution in [0.25, 0.3) is 6.08 Å². The molecule has 0 bridgehead atoms. The summed E-state index contributed by atoms with van der Waals surface area (Å²) in [4.78, 5) is 15.6. The molecule has 142 valence electrons. The molecule has 3 aliphatic rings. The number of para-hydroxylation sites is 1. The van der Waals surface area contributed by atoms with E-state index in [1.807, 2.05) is 53.5 Å². The van der Waals surface area contributed by atoms with Gasteiger partial charge in [-0.1, -0.05) is 54.1 Å². The largest absolute Gasteiger partial charge is 0.351 e. The van der Waals surface area contributed by atoms with E-state index in [-0.39, 0.29) is 11.7 Å². The van der Waals surface area contributed by atoms with Crippen LogP contribution >= 0.6 is 11.6 Å². The first-order chi connectivity index (χ1) is 14.1. The third-order valence-corrected chi connectivity index (χ3v) is 6.67. The molecule has 1 saturated carbocycles. The van der Waals surface area contributed by atoms with Crippen LogP contribution < -0.4 is 4.90 Å². The van der Waals surface area contributed by atoms with E-state index in [9.17, 15) is 15.3 Å². The van der Waals surface area contributed by atoms with Gasteiger partial charge in [0.2, 0.25) is 0 Å². The predicted molar refractivity (Wildman–Crippen MR) is 111 cm³/mol. The Balaban J connectivity index is 1.76. The number of ketones is 1. The number of nitriles is 2. The van der Waals surface area contributed by atoms with Gasteiger partial charge in [0.15, 0.2) is 11.2 Å². The van der Waals surface area contributed by atoms with Gasteiger partial charge in [-0.05, 0) is 42.2 Å². The molecule has 0 unspecified atom stereocenters. The van der Waals surface area contributed by atoms with E-state index < -0.39 is 23.4 Å². The van der Waals surface area contributed by atoms with Gasteiger partial charge in [-0.15, -0.1) is 0 Å². The Kier molecular flexibility index (Phi) is 4.02. The van der Waals surface area contributed by atoms with Crippen LogP contribution in [0, 0.1) is 34.0 Å². The predicted octanol–water partition coefficient (Wildman–Crippen LogP) is 4.72. The van der Waals surface area contributed by atoms with Crippen molar-refractivity contribution in [3.05, 3.63) is 70.8 Å². The average molecular weight is 400 g/mol. The molecule has 29 heavy (non-hydrogen) atoms. The summed E-state index contributed by atoms with van der Waals surface area (Å²) in [6, 6.07) is 18.7. The molecule has 1 saturated heterocycles. The maximum Gasteiger partial charge on any atom is 0.176 e. The van der Waals surface area contributed by atoms with Crippen molar-refractivity contribution in [2.75, 3.05) is 4.90 Å². The van der Waals surface area contributed by atoms with E-state index in [0.29, 0.717) is 5.02 Å². The minimum Gasteiger partial charge on any atom is -0.351 e. The maximum absolute atomic E-state index is 13.5. The summed E-state index contributed by atoms with van der Waals surface area (Å²) in [6.07, 6.45) is 5.64. The highest BCUT2D eigenvalue weighted by molar-refractivity contribution is 6.30. The van der Waals surface area contributed by atoms with Crippen molar-refractivity contribution in [2.24, 2.45) is 11.3 Å². The third kappa shape index (κ3) is 2.53. The van der Waals surface area contributed by atoms with Gasteiger partial charge in [0, 0.05) is 22.5 Å². The number of carbonyl (C=O) groups excluding carboxylic acids is 1. The minimum atomic E-state index is -1.37. The first-order valence-electron chi connectivity index (χ1n) is 9.78. The van der Waals surface area contributed by atoms with Crippen molar-refractivity contribution in [3.63, 3.8) is 0 Å². The lowest BCUT2D eigenvalue weighted by atomic mass is 9.69. The van der Waals surface area contributed by atoms with Crippen LogP contribution in [0.4, 0.5) is 5.69 Å². The fourth-order valence-corrected chi connectivity index (χ4v) is 5.04. The van der Waals surface area contributed by atoms with E-state index in [2.05, 4.69) is 12.1 Å². The number of hydrogen-bond acceptors (Lipinski definition) is 4. The molecule has 0 spiro atoms. The summed E-state index contributed by atoms with van der Waals surface area (Å²) >= 11 is 6.09. The third-order valence-electron chi connectivity index (χ3n) is 6.42. The SMILES string of the molecule is N#CC1(C#N)[C@@H](c2ccc(Cl)cc2)[C@@H](C(=O)C2CC2)N2c3ccccc3C=C[C@@H]21. The molecule has 0 N–H and O–H groups in total. The van der Waals surface area contributed by atoms with Gasteiger partial charge < -0.3 is 4.90 Å². The van der Waals surface area contributed by atoms with Gasteiger partial charge in [-0.3, -0.25) is 4.79 Å². The molecule has 0 aromatic heterocycles. The number of benzene rings is 2. The van der Waals surface area contributed by atoms with Gasteiger partial charge in [-0.2, -0.15) is 10.5 Å². The standard InChI is InChI=1S/C24H18ClN3O/c25-18-10-7-16(8-11-18)21-22(23(29)17-5-6-17)28-19-4-2-1-3-15(19)9-12-20(28)24(21,13-26)14-27/h1-4,7-12,17,20-22H,5-6H2/t20-,21+,22+/m1/s1. The molecule has 4 nitrogen and oxygen atoms in total. The number of Topliss-reactive ketones (excluding diaryl/α,β-unsaturated/α-hetero) is 1. The Bertz CT molecular complexity index is 1090. The molecule has 3 atom stereocenters. The van der Waals surface area contributed by atoms with E-state index in [1.165, 1.54) is 0 Å². The second-order valence-corrected chi connectivity index (χ2v) is 8.45. The maximum atomic E-state index is 13.5. The van der Waals surface area contributed by atoms with Crippen LogP contribution in [-0.2, 0) is 4.79 Å². The summed E-state index contributed by atoms with van der Waals surface area (Å²) in [5, 5.41) is 21.1. The number of rotatable bonds is 3. The second kappa shape index (κ2) is 6.48.